The highest BCUT2D eigenvalue weighted by Crippen LogP contribution is 2.27. The van der Waals surface area contributed by atoms with Crippen molar-refractivity contribution in [1.29, 1.82) is 0 Å². The van der Waals surface area contributed by atoms with Crippen LogP contribution in [0.4, 0.5) is 11.4 Å². The van der Waals surface area contributed by atoms with Crippen molar-refractivity contribution in [3.63, 3.8) is 0 Å². The Balaban J connectivity index is 2.23. The molecule has 1 aromatic heterocycles. The van der Waals surface area contributed by atoms with Crippen molar-refractivity contribution < 1.29 is 9.37 Å². The van der Waals surface area contributed by atoms with Crippen LogP contribution in [-0.4, -0.2) is 37.6 Å². The number of nitrogens with two attached hydrogens (primary N) is 1. The molecule has 0 atom stereocenters. The third-order valence-corrected chi connectivity index (χ3v) is 2.68. The molecule has 2 N–H and O–H groups in total. The van der Waals surface area contributed by atoms with Gasteiger partial charge in [0.05, 0.1) is 11.4 Å². The predicted molar refractivity (Wildman–Crippen MR) is 66.0 cm³/mol. The predicted octanol–water partition coefficient (Wildman–Crippen LogP) is 1.28. The Bertz CT molecular complexity index is 497. The Morgan fingerprint density at radius 3 is 2.88 bits per heavy atom. The third-order valence-electron chi connectivity index (χ3n) is 2.68. The molecule has 0 fully saturated rings. The number of hydrogen-bond acceptors (Lipinski definition) is 6. The van der Waals surface area contributed by atoms with Crippen LogP contribution >= 0.6 is 0 Å². The van der Waals surface area contributed by atoms with E-state index in [1.54, 1.807) is 7.11 Å². The minimum absolute atomic E-state index is 0.579. The maximum absolute atomic E-state index is 5.79. The molecule has 1 aromatic carbocycles. The number of aromatic nitrogens is 2. The normalized spacial score (nSPS) is 10.9. The van der Waals surface area contributed by atoms with Crippen LogP contribution in [0.1, 0.15) is 6.42 Å². The fourth-order valence-corrected chi connectivity index (χ4v) is 1.75. The first kappa shape index (κ1) is 11.7. The van der Waals surface area contributed by atoms with E-state index in [1.807, 2.05) is 19.2 Å². The van der Waals surface area contributed by atoms with Crippen LogP contribution in [-0.2, 0) is 4.74 Å². The van der Waals surface area contributed by atoms with Crippen LogP contribution in [0.2, 0.25) is 0 Å². The summed E-state index contributed by atoms with van der Waals surface area (Å²) in [6.07, 6.45) is 0.949. The van der Waals surface area contributed by atoms with Gasteiger partial charge in [-0.15, -0.1) is 0 Å². The van der Waals surface area contributed by atoms with Crippen LogP contribution in [0.5, 0.6) is 0 Å². The molecule has 1 heterocycles. The standard InChI is InChI=1S/C11H16N4O2/c1-15(6-3-7-16-2)9-5-4-8(12)10-11(9)14-17-13-10/h4-5H,3,6-7,12H2,1-2H3. The van der Waals surface area contributed by atoms with Gasteiger partial charge in [0.25, 0.3) is 0 Å². The van der Waals surface area contributed by atoms with Gasteiger partial charge in [0.15, 0.2) is 11.0 Å². The highest BCUT2D eigenvalue weighted by Gasteiger charge is 2.12. The first-order valence-electron chi connectivity index (χ1n) is 5.45. The summed E-state index contributed by atoms with van der Waals surface area (Å²) < 4.78 is 9.76. The van der Waals surface area contributed by atoms with Crippen molar-refractivity contribution in [2.75, 3.05) is 37.9 Å². The summed E-state index contributed by atoms with van der Waals surface area (Å²) >= 11 is 0. The Morgan fingerprint density at radius 1 is 1.35 bits per heavy atom. The van der Waals surface area contributed by atoms with Gasteiger partial charge in [0, 0.05) is 27.3 Å². The first-order valence-corrected chi connectivity index (χ1v) is 5.45. The van der Waals surface area contributed by atoms with E-state index in [-0.39, 0.29) is 0 Å². The number of hydrogen-bond donors (Lipinski definition) is 1. The molecule has 0 aliphatic heterocycles. The molecule has 0 saturated heterocycles. The molecule has 0 saturated carbocycles. The molecular weight excluding hydrogens is 220 g/mol. The van der Waals surface area contributed by atoms with E-state index < -0.39 is 0 Å². The summed E-state index contributed by atoms with van der Waals surface area (Å²) in [6, 6.07) is 3.74. The van der Waals surface area contributed by atoms with Gasteiger partial charge >= 0.3 is 0 Å². The van der Waals surface area contributed by atoms with Crippen LogP contribution < -0.4 is 10.6 Å². The zero-order valence-electron chi connectivity index (χ0n) is 10.0. The summed E-state index contributed by atoms with van der Waals surface area (Å²) in [4.78, 5) is 2.09. The first-order chi connectivity index (χ1) is 8.24. The highest BCUT2D eigenvalue weighted by atomic mass is 16.6. The molecule has 17 heavy (non-hydrogen) atoms. The molecule has 2 aromatic rings. The van der Waals surface area contributed by atoms with Gasteiger partial charge in [0.2, 0.25) is 0 Å². The van der Waals surface area contributed by atoms with Crippen LogP contribution in [0, 0.1) is 0 Å². The van der Waals surface area contributed by atoms with E-state index in [4.69, 9.17) is 15.1 Å². The number of methoxy groups -OCH3 is 1. The van der Waals surface area contributed by atoms with Gasteiger partial charge in [-0.1, -0.05) is 0 Å². The van der Waals surface area contributed by atoms with Crippen molar-refractivity contribution in [3.8, 4) is 0 Å². The Morgan fingerprint density at radius 2 is 2.12 bits per heavy atom. The van der Waals surface area contributed by atoms with Gasteiger partial charge in [-0.05, 0) is 28.9 Å². The highest BCUT2D eigenvalue weighted by molar-refractivity contribution is 5.95. The molecule has 0 aliphatic rings. The molecule has 0 bridgehead atoms. The second-order valence-electron chi connectivity index (χ2n) is 3.90. The minimum Gasteiger partial charge on any atom is -0.397 e. The van der Waals surface area contributed by atoms with Crippen molar-refractivity contribution in [1.82, 2.24) is 10.3 Å². The molecule has 6 nitrogen and oxygen atoms in total. The lowest BCUT2D eigenvalue weighted by Crippen LogP contribution is -2.20. The smallest absolute Gasteiger partial charge is 0.160 e. The molecule has 6 heteroatoms. The molecule has 0 aliphatic carbocycles. The van der Waals surface area contributed by atoms with Crippen molar-refractivity contribution in [2.24, 2.45) is 0 Å². The second-order valence-corrected chi connectivity index (χ2v) is 3.90. The number of nitrogens with zero attached hydrogens (tertiary/aromatic N) is 3. The summed E-state index contributed by atoms with van der Waals surface area (Å²) in [7, 11) is 3.69. The zero-order valence-corrected chi connectivity index (χ0v) is 10.0. The molecule has 92 valence electrons. The van der Waals surface area contributed by atoms with Crippen molar-refractivity contribution in [3.05, 3.63) is 12.1 Å². The van der Waals surface area contributed by atoms with E-state index in [0.717, 1.165) is 25.3 Å². The number of nitrogen functional groups attached to an aromatic ring is 1. The zero-order chi connectivity index (χ0) is 12.3. The average Bonchev–Trinajstić information content (AvgIpc) is 2.79. The third kappa shape index (κ3) is 2.31. The minimum atomic E-state index is 0.579. The lowest BCUT2D eigenvalue weighted by Gasteiger charge is -2.19. The van der Waals surface area contributed by atoms with Gasteiger partial charge in [-0.2, -0.15) is 0 Å². The number of benzene rings is 1. The van der Waals surface area contributed by atoms with Gasteiger partial charge in [-0.3, -0.25) is 0 Å². The van der Waals surface area contributed by atoms with E-state index in [0.29, 0.717) is 16.7 Å². The van der Waals surface area contributed by atoms with Gasteiger partial charge in [0.1, 0.15) is 0 Å². The number of rotatable bonds is 5. The molecular formula is C11H16N4O2. The topological polar surface area (TPSA) is 77.4 Å². The fraction of sp³-hybridized carbons (Fsp3) is 0.455. The van der Waals surface area contributed by atoms with Gasteiger partial charge in [-0.25, -0.2) is 4.63 Å². The summed E-state index contributed by atoms with van der Waals surface area (Å²) in [6.45, 7) is 1.61. The maximum Gasteiger partial charge on any atom is 0.160 e. The quantitative estimate of drug-likeness (QED) is 0.622. The Kier molecular flexibility index (Phi) is 3.43. The monoisotopic (exact) mass is 236 g/mol. The largest absolute Gasteiger partial charge is 0.397 e. The molecule has 2 rings (SSSR count). The fourth-order valence-electron chi connectivity index (χ4n) is 1.75. The van der Waals surface area contributed by atoms with E-state index >= 15 is 0 Å². The summed E-state index contributed by atoms with van der Waals surface area (Å²) in [5, 5.41) is 7.69. The van der Waals surface area contributed by atoms with Gasteiger partial charge < -0.3 is 15.4 Å². The summed E-state index contributed by atoms with van der Waals surface area (Å²) in [5.41, 5.74) is 8.64. The van der Waals surface area contributed by atoms with Crippen molar-refractivity contribution in [2.45, 2.75) is 6.42 Å². The van der Waals surface area contributed by atoms with E-state index in [2.05, 4.69) is 15.2 Å². The second kappa shape index (κ2) is 5.01. The lowest BCUT2D eigenvalue weighted by molar-refractivity contribution is 0.196. The molecule has 0 spiro atoms. The maximum atomic E-state index is 5.79. The average molecular weight is 236 g/mol. The molecule has 0 amide bonds. The number of ether oxygens (including phenoxy) is 1. The molecule has 0 radical (unpaired) electrons. The molecule has 0 unspecified atom stereocenters. The summed E-state index contributed by atoms with van der Waals surface area (Å²) in [5.74, 6) is 0. The SMILES string of the molecule is COCCCN(C)c1ccc(N)c2nonc12. The van der Waals surface area contributed by atoms with E-state index in [1.165, 1.54) is 0 Å². The van der Waals surface area contributed by atoms with Crippen LogP contribution in [0.25, 0.3) is 11.0 Å². The Hall–Kier alpha value is -1.82. The number of anilines is 2. The Labute approximate surface area is 99.3 Å². The van der Waals surface area contributed by atoms with Crippen LogP contribution in [0.15, 0.2) is 16.8 Å². The van der Waals surface area contributed by atoms with Crippen molar-refractivity contribution >= 4 is 22.4 Å². The van der Waals surface area contributed by atoms with E-state index in [9.17, 15) is 0 Å². The number of fused-ring (bicyclic) bond motifs is 1. The lowest BCUT2D eigenvalue weighted by atomic mass is 10.2. The van der Waals surface area contributed by atoms with Crippen LogP contribution in [0.3, 0.4) is 0 Å².